The molecule has 0 aliphatic heterocycles. The number of rotatable bonds is 3. The molecule has 0 aromatic heterocycles. The van der Waals surface area contributed by atoms with E-state index in [1.807, 2.05) is 6.07 Å². The molecule has 2 N–H and O–H groups in total. The van der Waals surface area contributed by atoms with Crippen molar-refractivity contribution in [3.63, 3.8) is 0 Å². The smallest absolute Gasteiger partial charge is 0.337 e. The molecule has 0 bridgehead atoms. The number of aliphatic carboxylic acids is 1. The quantitative estimate of drug-likeness (QED) is 0.343. The number of carboxylic acids is 1. The minimum Gasteiger partial charge on any atom is -0.478 e. The van der Waals surface area contributed by atoms with Crippen LogP contribution in [0.15, 0.2) is 41.1 Å². The average molecular weight is 205 g/mol. The Bertz CT molecular complexity index is 407. The van der Waals surface area contributed by atoms with Crippen molar-refractivity contribution >= 4 is 17.8 Å². The lowest BCUT2D eigenvalue weighted by Gasteiger charge is -1.99. The Kier molecular flexibility index (Phi) is 3.62. The molecule has 78 valence electrons. The van der Waals surface area contributed by atoms with Crippen LogP contribution in [0.2, 0.25) is 0 Å². The number of oxime groups is 1. The molecule has 0 unspecified atom stereocenters. The maximum atomic E-state index is 10.8. The van der Waals surface area contributed by atoms with Crippen molar-refractivity contribution in [3.8, 4) is 0 Å². The highest BCUT2D eigenvalue weighted by molar-refractivity contribution is 6.21. The highest BCUT2D eigenvalue weighted by Crippen LogP contribution is 2.08. The Morgan fingerprint density at radius 3 is 2.40 bits per heavy atom. The van der Waals surface area contributed by atoms with Crippen LogP contribution in [0.25, 0.3) is 6.08 Å². The molecule has 0 aliphatic rings. The Labute approximate surface area is 87.2 Å². The summed E-state index contributed by atoms with van der Waals surface area (Å²) in [4.78, 5) is 10.8. The third-order valence-corrected chi connectivity index (χ3v) is 1.88. The van der Waals surface area contributed by atoms with Gasteiger partial charge in [0.25, 0.3) is 0 Å². The van der Waals surface area contributed by atoms with Gasteiger partial charge in [-0.3, -0.25) is 0 Å². The van der Waals surface area contributed by atoms with Gasteiger partial charge in [-0.05, 0) is 18.6 Å². The van der Waals surface area contributed by atoms with E-state index in [4.69, 9.17) is 10.3 Å². The predicted molar refractivity (Wildman–Crippen MR) is 57.0 cm³/mol. The fourth-order valence-corrected chi connectivity index (χ4v) is 1.09. The monoisotopic (exact) mass is 205 g/mol. The molecule has 1 aromatic rings. The average Bonchev–Trinajstić information content (AvgIpc) is 2.26. The molecule has 4 nitrogen and oxygen atoms in total. The van der Waals surface area contributed by atoms with Crippen LogP contribution in [0.1, 0.15) is 12.5 Å². The molecule has 0 atom stereocenters. The molecule has 0 aliphatic carbocycles. The van der Waals surface area contributed by atoms with Gasteiger partial charge < -0.3 is 10.3 Å². The molecular formula is C11H11NO3. The van der Waals surface area contributed by atoms with Gasteiger partial charge in [-0.15, -0.1) is 0 Å². The maximum Gasteiger partial charge on any atom is 0.337 e. The van der Waals surface area contributed by atoms with E-state index < -0.39 is 5.97 Å². The zero-order valence-corrected chi connectivity index (χ0v) is 8.21. The van der Waals surface area contributed by atoms with Crippen LogP contribution in [-0.4, -0.2) is 22.0 Å². The van der Waals surface area contributed by atoms with Gasteiger partial charge in [-0.2, -0.15) is 0 Å². The van der Waals surface area contributed by atoms with Gasteiger partial charge in [0.15, 0.2) is 0 Å². The highest BCUT2D eigenvalue weighted by atomic mass is 16.4. The number of hydrogen-bond donors (Lipinski definition) is 2. The molecule has 4 heteroatoms. The van der Waals surface area contributed by atoms with Gasteiger partial charge in [0.1, 0.15) is 0 Å². The zero-order valence-electron chi connectivity index (χ0n) is 8.21. The second-order valence-electron chi connectivity index (χ2n) is 2.96. The topological polar surface area (TPSA) is 69.9 Å². The van der Waals surface area contributed by atoms with Gasteiger partial charge in [0, 0.05) is 0 Å². The lowest BCUT2D eigenvalue weighted by Crippen LogP contribution is -2.08. The Morgan fingerprint density at radius 2 is 1.93 bits per heavy atom. The molecule has 15 heavy (non-hydrogen) atoms. The lowest BCUT2D eigenvalue weighted by atomic mass is 10.1. The third kappa shape index (κ3) is 2.95. The molecule has 1 aromatic carbocycles. The van der Waals surface area contributed by atoms with E-state index >= 15 is 0 Å². The van der Waals surface area contributed by atoms with Crippen LogP contribution in [-0.2, 0) is 4.79 Å². The van der Waals surface area contributed by atoms with Gasteiger partial charge in [0.2, 0.25) is 0 Å². The standard InChI is InChI=1S/C11H11NO3/c1-8(12-15)10(11(13)14)7-9-5-3-2-4-6-9/h2-7,15H,1H3,(H,13,14). The van der Waals surface area contributed by atoms with E-state index in [0.717, 1.165) is 5.56 Å². The summed E-state index contributed by atoms with van der Waals surface area (Å²) >= 11 is 0. The van der Waals surface area contributed by atoms with Crippen molar-refractivity contribution in [2.45, 2.75) is 6.92 Å². The van der Waals surface area contributed by atoms with Crippen LogP contribution >= 0.6 is 0 Å². The minimum atomic E-state index is -1.12. The molecule has 0 spiro atoms. The second kappa shape index (κ2) is 4.95. The molecule has 0 fully saturated rings. The van der Waals surface area contributed by atoms with Crippen LogP contribution in [0.4, 0.5) is 0 Å². The van der Waals surface area contributed by atoms with Gasteiger partial charge in [-0.1, -0.05) is 35.5 Å². The largest absolute Gasteiger partial charge is 0.478 e. The Morgan fingerprint density at radius 1 is 1.33 bits per heavy atom. The zero-order chi connectivity index (χ0) is 11.3. The van der Waals surface area contributed by atoms with E-state index in [9.17, 15) is 4.79 Å². The molecule has 1 rings (SSSR count). The number of carbonyl (C=O) groups is 1. The normalized spacial score (nSPS) is 12.6. The molecular weight excluding hydrogens is 194 g/mol. The van der Waals surface area contributed by atoms with E-state index in [1.165, 1.54) is 13.0 Å². The van der Waals surface area contributed by atoms with Crippen LogP contribution in [0, 0.1) is 0 Å². The highest BCUT2D eigenvalue weighted by Gasteiger charge is 2.11. The van der Waals surface area contributed by atoms with Crippen molar-refractivity contribution in [2.75, 3.05) is 0 Å². The van der Waals surface area contributed by atoms with Crippen molar-refractivity contribution < 1.29 is 15.1 Å². The van der Waals surface area contributed by atoms with E-state index in [0.29, 0.717) is 0 Å². The van der Waals surface area contributed by atoms with E-state index in [2.05, 4.69) is 5.16 Å². The summed E-state index contributed by atoms with van der Waals surface area (Å²) in [5.74, 6) is -1.12. The van der Waals surface area contributed by atoms with Crippen molar-refractivity contribution in [1.29, 1.82) is 0 Å². The summed E-state index contributed by atoms with van der Waals surface area (Å²) in [6.07, 6.45) is 1.46. The van der Waals surface area contributed by atoms with Gasteiger partial charge in [0.05, 0.1) is 11.3 Å². The number of nitrogens with zero attached hydrogens (tertiary/aromatic N) is 1. The lowest BCUT2D eigenvalue weighted by molar-refractivity contribution is -0.131. The first-order valence-corrected chi connectivity index (χ1v) is 4.34. The summed E-state index contributed by atoms with van der Waals surface area (Å²) in [5, 5.41) is 20.3. The summed E-state index contributed by atoms with van der Waals surface area (Å²) in [6, 6.07) is 8.99. The van der Waals surface area contributed by atoms with Crippen molar-refractivity contribution in [3.05, 3.63) is 41.5 Å². The van der Waals surface area contributed by atoms with Crippen LogP contribution in [0.3, 0.4) is 0 Å². The Hall–Kier alpha value is -2.10. The fraction of sp³-hybridized carbons (Fsp3) is 0.0909. The molecule has 0 amide bonds. The predicted octanol–water partition coefficient (Wildman–Crippen LogP) is 2.00. The van der Waals surface area contributed by atoms with Gasteiger partial charge in [-0.25, -0.2) is 4.79 Å². The molecule has 0 radical (unpaired) electrons. The van der Waals surface area contributed by atoms with E-state index in [-0.39, 0.29) is 11.3 Å². The Balaban J connectivity index is 3.11. The fourth-order valence-electron chi connectivity index (χ4n) is 1.09. The molecule has 0 saturated carbocycles. The first-order valence-electron chi connectivity index (χ1n) is 4.34. The van der Waals surface area contributed by atoms with Gasteiger partial charge >= 0.3 is 5.97 Å². The second-order valence-corrected chi connectivity index (χ2v) is 2.96. The third-order valence-electron chi connectivity index (χ3n) is 1.88. The number of carboxylic acid groups (broad SMARTS) is 1. The van der Waals surface area contributed by atoms with Crippen LogP contribution < -0.4 is 0 Å². The summed E-state index contributed by atoms with van der Waals surface area (Å²) in [7, 11) is 0. The number of hydrogen-bond acceptors (Lipinski definition) is 3. The van der Waals surface area contributed by atoms with Crippen LogP contribution in [0.5, 0.6) is 0 Å². The minimum absolute atomic E-state index is 0.0244. The maximum absolute atomic E-state index is 10.8. The SMILES string of the molecule is CC(=NO)C(=Cc1ccccc1)C(=O)O. The first kappa shape index (κ1) is 11.0. The summed E-state index contributed by atoms with van der Waals surface area (Å²) in [5.41, 5.74) is 0.799. The van der Waals surface area contributed by atoms with Crippen molar-refractivity contribution in [1.82, 2.24) is 0 Å². The molecule has 0 heterocycles. The first-order chi connectivity index (χ1) is 7.15. The molecule has 0 saturated heterocycles. The summed E-state index contributed by atoms with van der Waals surface area (Å²) < 4.78 is 0. The van der Waals surface area contributed by atoms with E-state index in [1.54, 1.807) is 24.3 Å². The number of benzene rings is 1. The van der Waals surface area contributed by atoms with Crippen molar-refractivity contribution in [2.24, 2.45) is 5.16 Å². The summed E-state index contributed by atoms with van der Waals surface area (Å²) in [6.45, 7) is 1.43.